The summed E-state index contributed by atoms with van der Waals surface area (Å²) in [6, 6.07) is 15.0. The van der Waals surface area contributed by atoms with E-state index in [0.29, 0.717) is 16.2 Å². The van der Waals surface area contributed by atoms with E-state index >= 15 is 0 Å². The Kier molecular flexibility index (Phi) is 5.18. The molecule has 0 spiro atoms. The number of anilines is 2. The Bertz CT molecular complexity index is 1170. The van der Waals surface area contributed by atoms with Crippen molar-refractivity contribution in [2.24, 2.45) is 0 Å². The minimum atomic E-state index is -0.107. The molecular formula is C22H20ClN5O. The summed E-state index contributed by atoms with van der Waals surface area (Å²) in [5.41, 5.74) is 3.79. The lowest BCUT2D eigenvalue weighted by Gasteiger charge is -2.12. The van der Waals surface area contributed by atoms with E-state index in [1.54, 1.807) is 18.5 Å². The summed E-state index contributed by atoms with van der Waals surface area (Å²) in [6.07, 6.45) is 5.26. The molecule has 2 aromatic heterocycles. The highest BCUT2D eigenvalue weighted by molar-refractivity contribution is 6.30. The summed E-state index contributed by atoms with van der Waals surface area (Å²) in [6.45, 7) is 3.87. The van der Waals surface area contributed by atoms with Crippen LogP contribution < -0.4 is 10.6 Å². The van der Waals surface area contributed by atoms with Crippen molar-refractivity contribution in [1.29, 1.82) is 0 Å². The molecule has 0 fully saturated rings. The number of carbonyl (C=O) groups excluding carboxylic acids is 1. The first-order valence-corrected chi connectivity index (χ1v) is 9.65. The fourth-order valence-corrected chi connectivity index (χ4v) is 3.18. The highest BCUT2D eigenvalue weighted by Gasteiger charge is 2.15. The molecule has 4 rings (SSSR count). The second-order valence-corrected chi connectivity index (χ2v) is 7.39. The number of fused-ring (bicyclic) bond motifs is 1. The molecule has 2 aromatic carbocycles. The van der Waals surface area contributed by atoms with Crippen molar-refractivity contribution in [2.75, 3.05) is 5.32 Å². The number of carbonyl (C=O) groups is 1. The summed E-state index contributed by atoms with van der Waals surface area (Å²) < 4.78 is 1.93. The zero-order valence-corrected chi connectivity index (χ0v) is 16.8. The number of hydrogen-bond donors (Lipinski definition) is 2. The first-order chi connectivity index (χ1) is 14.0. The Morgan fingerprint density at radius 3 is 2.69 bits per heavy atom. The number of nitrogens with one attached hydrogen (secondary N) is 2. The zero-order chi connectivity index (χ0) is 20.4. The molecule has 29 heavy (non-hydrogen) atoms. The van der Waals surface area contributed by atoms with Gasteiger partial charge in [-0.15, -0.1) is 0 Å². The Morgan fingerprint density at radius 1 is 1.14 bits per heavy atom. The van der Waals surface area contributed by atoms with Gasteiger partial charge in [-0.1, -0.05) is 29.8 Å². The van der Waals surface area contributed by atoms with E-state index in [9.17, 15) is 4.79 Å². The van der Waals surface area contributed by atoms with Gasteiger partial charge in [0.25, 0.3) is 5.91 Å². The molecule has 4 aromatic rings. The third kappa shape index (κ3) is 4.07. The molecular weight excluding hydrogens is 386 g/mol. The van der Waals surface area contributed by atoms with Crippen molar-refractivity contribution in [1.82, 2.24) is 19.7 Å². The molecule has 0 radical (unpaired) electrons. The highest BCUT2D eigenvalue weighted by Crippen LogP contribution is 2.31. The minimum absolute atomic E-state index is 0.0712. The van der Waals surface area contributed by atoms with Crippen molar-refractivity contribution in [3.63, 3.8) is 0 Å². The van der Waals surface area contributed by atoms with Crippen LogP contribution in [0, 0.1) is 0 Å². The number of benzene rings is 2. The topological polar surface area (TPSA) is 71.3 Å². The van der Waals surface area contributed by atoms with Crippen molar-refractivity contribution in [2.45, 2.75) is 19.9 Å². The average molecular weight is 406 g/mol. The van der Waals surface area contributed by atoms with Crippen LogP contribution in [-0.2, 0) is 0 Å². The van der Waals surface area contributed by atoms with Gasteiger partial charge in [0.1, 0.15) is 11.5 Å². The maximum atomic E-state index is 12.4. The van der Waals surface area contributed by atoms with Crippen molar-refractivity contribution < 1.29 is 4.79 Å². The highest BCUT2D eigenvalue weighted by atomic mass is 35.5. The fraction of sp³-hybridized carbons (Fsp3) is 0.136. The van der Waals surface area contributed by atoms with Gasteiger partial charge in [-0.25, -0.2) is 4.98 Å². The molecule has 0 aliphatic carbocycles. The summed E-state index contributed by atoms with van der Waals surface area (Å²) >= 11 is 6.04. The van der Waals surface area contributed by atoms with Crippen LogP contribution in [-0.4, -0.2) is 26.3 Å². The molecule has 1 amide bonds. The van der Waals surface area contributed by atoms with Gasteiger partial charge in [0, 0.05) is 40.3 Å². The van der Waals surface area contributed by atoms with Crippen LogP contribution in [0.15, 0.2) is 67.1 Å². The number of amides is 1. The molecule has 6 nitrogen and oxygen atoms in total. The molecule has 0 saturated heterocycles. The summed E-state index contributed by atoms with van der Waals surface area (Å²) in [4.78, 5) is 21.2. The quantitative estimate of drug-likeness (QED) is 0.493. The smallest absolute Gasteiger partial charge is 0.251 e. The first kappa shape index (κ1) is 19.0. The maximum absolute atomic E-state index is 12.4. The van der Waals surface area contributed by atoms with Crippen molar-refractivity contribution in [3.8, 4) is 11.3 Å². The van der Waals surface area contributed by atoms with Gasteiger partial charge < -0.3 is 10.6 Å². The Labute approximate surface area is 173 Å². The van der Waals surface area contributed by atoms with E-state index in [4.69, 9.17) is 16.6 Å². The Hall–Kier alpha value is -3.38. The molecule has 2 heterocycles. The zero-order valence-electron chi connectivity index (χ0n) is 16.1. The number of halogens is 1. The Morgan fingerprint density at radius 2 is 1.93 bits per heavy atom. The third-order valence-electron chi connectivity index (χ3n) is 4.36. The molecule has 0 aliphatic heterocycles. The normalized spacial score (nSPS) is 11.0. The van der Waals surface area contributed by atoms with E-state index in [1.807, 2.05) is 66.9 Å². The summed E-state index contributed by atoms with van der Waals surface area (Å²) in [5, 5.41) is 6.99. The van der Waals surface area contributed by atoms with Crippen LogP contribution in [0.1, 0.15) is 24.2 Å². The number of rotatable bonds is 5. The van der Waals surface area contributed by atoms with Crippen LogP contribution >= 0.6 is 11.6 Å². The van der Waals surface area contributed by atoms with Gasteiger partial charge >= 0.3 is 0 Å². The fourth-order valence-electron chi connectivity index (χ4n) is 3.06. The predicted molar refractivity (Wildman–Crippen MR) is 116 cm³/mol. The van der Waals surface area contributed by atoms with Crippen LogP contribution in [0.5, 0.6) is 0 Å². The van der Waals surface area contributed by atoms with Crippen LogP contribution in [0.3, 0.4) is 0 Å². The van der Waals surface area contributed by atoms with Crippen LogP contribution in [0.2, 0.25) is 5.02 Å². The number of aromatic nitrogens is 3. The SMILES string of the molecule is CC(C)NC(=O)c1cccc(Nc2c(-c3ccc(Cl)cc3)nc3cnccn23)c1. The van der Waals surface area contributed by atoms with E-state index in [-0.39, 0.29) is 11.9 Å². The van der Waals surface area contributed by atoms with Gasteiger partial charge in [-0.3, -0.25) is 14.2 Å². The van der Waals surface area contributed by atoms with Gasteiger partial charge in [-0.05, 0) is 44.2 Å². The monoisotopic (exact) mass is 405 g/mol. The van der Waals surface area contributed by atoms with Gasteiger partial charge in [0.15, 0.2) is 5.65 Å². The molecule has 0 aliphatic rings. The lowest BCUT2D eigenvalue weighted by Crippen LogP contribution is -2.30. The number of hydrogen-bond acceptors (Lipinski definition) is 4. The molecule has 0 atom stereocenters. The molecule has 146 valence electrons. The summed E-state index contributed by atoms with van der Waals surface area (Å²) in [5.74, 6) is 0.676. The Balaban J connectivity index is 1.75. The number of nitrogens with zero attached hydrogens (tertiary/aromatic N) is 3. The van der Waals surface area contributed by atoms with Gasteiger partial charge in [0.2, 0.25) is 0 Å². The van der Waals surface area contributed by atoms with Gasteiger partial charge in [0.05, 0.1) is 6.20 Å². The van der Waals surface area contributed by atoms with Gasteiger partial charge in [-0.2, -0.15) is 0 Å². The second kappa shape index (κ2) is 7.93. The van der Waals surface area contributed by atoms with E-state index < -0.39 is 0 Å². The largest absolute Gasteiger partial charge is 0.350 e. The van der Waals surface area contributed by atoms with E-state index in [2.05, 4.69) is 15.6 Å². The molecule has 0 saturated carbocycles. The minimum Gasteiger partial charge on any atom is -0.350 e. The molecule has 7 heteroatoms. The lowest BCUT2D eigenvalue weighted by atomic mass is 10.1. The first-order valence-electron chi connectivity index (χ1n) is 9.27. The molecule has 2 N–H and O–H groups in total. The van der Waals surface area contributed by atoms with E-state index in [1.165, 1.54) is 0 Å². The van der Waals surface area contributed by atoms with Crippen LogP contribution in [0.25, 0.3) is 16.9 Å². The molecule has 0 bridgehead atoms. The second-order valence-electron chi connectivity index (χ2n) is 6.95. The predicted octanol–water partition coefficient (Wildman–Crippen LogP) is 4.93. The molecule has 0 unspecified atom stereocenters. The van der Waals surface area contributed by atoms with Crippen molar-refractivity contribution in [3.05, 3.63) is 77.7 Å². The third-order valence-corrected chi connectivity index (χ3v) is 4.61. The standard InChI is InChI=1S/C22H20ClN5O/c1-14(2)25-22(29)16-4-3-5-18(12-16)26-21-20(15-6-8-17(23)9-7-15)27-19-13-24-10-11-28(19)21/h3-14,26H,1-2H3,(H,25,29). The maximum Gasteiger partial charge on any atom is 0.251 e. The van der Waals surface area contributed by atoms with E-state index in [0.717, 1.165) is 22.8 Å². The van der Waals surface area contributed by atoms with Crippen LogP contribution in [0.4, 0.5) is 11.5 Å². The number of imidazole rings is 1. The average Bonchev–Trinajstić information content (AvgIpc) is 3.07. The summed E-state index contributed by atoms with van der Waals surface area (Å²) in [7, 11) is 0. The lowest BCUT2D eigenvalue weighted by molar-refractivity contribution is 0.0943. The van der Waals surface area contributed by atoms with Crippen molar-refractivity contribution >= 4 is 34.7 Å².